The summed E-state index contributed by atoms with van der Waals surface area (Å²) in [6.45, 7) is 1.94. The van der Waals surface area contributed by atoms with Crippen LogP contribution in [0, 0.1) is 0 Å². The van der Waals surface area contributed by atoms with E-state index in [1.165, 1.54) is 5.56 Å². The molecule has 0 radical (unpaired) electrons. The third-order valence-electron chi connectivity index (χ3n) is 2.84. The zero-order valence-electron chi connectivity index (χ0n) is 10.8. The quantitative estimate of drug-likeness (QED) is 0.852. The highest BCUT2D eigenvalue weighted by atomic mass is 16.5. The van der Waals surface area contributed by atoms with Crippen LogP contribution in [-0.2, 0) is 13.0 Å². The predicted molar refractivity (Wildman–Crippen MR) is 75.4 cm³/mol. The van der Waals surface area contributed by atoms with E-state index >= 15 is 0 Å². The lowest BCUT2D eigenvalue weighted by atomic mass is 10.1. The Morgan fingerprint density at radius 1 is 1.05 bits per heavy atom. The second kappa shape index (κ2) is 6.75. The Balaban J connectivity index is 1.82. The predicted octanol–water partition coefficient (Wildman–Crippen LogP) is 1.43. The van der Waals surface area contributed by atoms with Crippen molar-refractivity contribution in [2.45, 2.75) is 13.0 Å². The summed E-state index contributed by atoms with van der Waals surface area (Å²) in [5, 5.41) is 0. The minimum Gasteiger partial charge on any atom is -0.492 e. The van der Waals surface area contributed by atoms with Crippen molar-refractivity contribution in [3.63, 3.8) is 0 Å². The van der Waals surface area contributed by atoms with E-state index in [0.717, 1.165) is 12.2 Å². The summed E-state index contributed by atoms with van der Waals surface area (Å²) in [5.74, 6) is 0.849. The van der Waals surface area contributed by atoms with E-state index in [2.05, 4.69) is 0 Å². The molecule has 4 nitrogen and oxygen atoms in total. The number of ether oxygens (including phenoxy) is 1. The molecule has 0 amide bonds. The van der Waals surface area contributed by atoms with Crippen LogP contribution in [0.4, 0.5) is 0 Å². The van der Waals surface area contributed by atoms with Gasteiger partial charge in [-0.15, -0.1) is 0 Å². The zero-order chi connectivity index (χ0) is 13.5. The summed E-state index contributed by atoms with van der Waals surface area (Å²) in [5.41, 5.74) is 6.74. The van der Waals surface area contributed by atoms with Crippen LogP contribution in [0.1, 0.15) is 5.56 Å². The van der Waals surface area contributed by atoms with Crippen LogP contribution < -0.4 is 15.9 Å². The highest BCUT2D eigenvalue weighted by Crippen LogP contribution is 2.12. The van der Waals surface area contributed by atoms with Gasteiger partial charge in [0.1, 0.15) is 12.4 Å². The van der Waals surface area contributed by atoms with Crippen molar-refractivity contribution in [1.29, 1.82) is 0 Å². The average molecular weight is 258 g/mol. The molecular formula is C15H18N2O2. The molecular weight excluding hydrogens is 240 g/mol. The molecule has 1 aromatic heterocycles. The van der Waals surface area contributed by atoms with Crippen molar-refractivity contribution in [3.8, 4) is 5.75 Å². The Labute approximate surface area is 112 Å². The molecule has 19 heavy (non-hydrogen) atoms. The van der Waals surface area contributed by atoms with Gasteiger partial charge in [0.25, 0.3) is 0 Å². The van der Waals surface area contributed by atoms with Crippen molar-refractivity contribution in [3.05, 3.63) is 64.6 Å². The lowest BCUT2D eigenvalue weighted by Crippen LogP contribution is -2.10. The smallest absolute Gasteiger partial charge is 0.181 e. The SMILES string of the molecule is NCCc1ccc(OCCn2ccc(=O)cc2)cc1. The van der Waals surface area contributed by atoms with Crippen LogP contribution >= 0.6 is 0 Å². The van der Waals surface area contributed by atoms with E-state index in [9.17, 15) is 4.79 Å². The van der Waals surface area contributed by atoms with Crippen molar-refractivity contribution < 1.29 is 4.74 Å². The molecule has 2 rings (SSSR count). The average Bonchev–Trinajstić information content (AvgIpc) is 2.43. The van der Waals surface area contributed by atoms with Crippen LogP contribution in [0.2, 0.25) is 0 Å². The summed E-state index contributed by atoms with van der Waals surface area (Å²) in [6, 6.07) is 11.1. The van der Waals surface area contributed by atoms with E-state index in [0.29, 0.717) is 19.7 Å². The molecule has 100 valence electrons. The maximum absolute atomic E-state index is 10.9. The van der Waals surface area contributed by atoms with E-state index in [4.69, 9.17) is 10.5 Å². The summed E-state index contributed by atoms with van der Waals surface area (Å²) >= 11 is 0. The highest BCUT2D eigenvalue weighted by molar-refractivity contribution is 5.27. The van der Waals surface area contributed by atoms with Gasteiger partial charge in [-0.25, -0.2) is 0 Å². The van der Waals surface area contributed by atoms with Gasteiger partial charge in [0.05, 0.1) is 6.54 Å². The Morgan fingerprint density at radius 2 is 1.74 bits per heavy atom. The molecule has 0 aliphatic rings. The fourth-order valence-corrected chi connectivity index (χ4v) is 1.78. The number of aromatic nitrogens is 1. The van der Waals surface area contributed by atoms with Gasteiger partial charge in [0.2, 0.25) is 0 Å². The number of hydrogen-bond acceptors (Lipinski definition) is 3. The first-order chi connectivity index (χ1) is 9.28. The maximum Gasteiger partial charge on any atom is 0.181 e. The Bertz CT molecular complexity index is 541. The van der Waals surface area contributed by atoms with Crippen LogP contribution in [0.5, 0.6) is 5.75 Å². The van der Waals surface area contributed by atoms with E-state index in [-0.39, 0.29) is 5.43 Å². The Kier molecular flexibility index (Phi) is 4.75. The lowest BCUT2D eigenvalue weighted by Gasteiger charge is -2.09. The van der Waals surface area contributed by atoms with E-state index in [1.807, 2.05) is 28.8 Å². The molecule has 0 saturated heterocycles. The monoisotopic (exact) mass is 258 g/mol. The highest BCUT2D eigenvalue weighted by Gasteiger charge is 1.96. The number of nitrogens with two attached hydrogens (primary N) is 1. The van der Waals surface area contributed by atoms with Crippen LogP contribution in [0.25, 0.3) is 0 Å². The molecule has 0 fully saturated rings. The number of rotatable bonds is 6. The molecule has 0 aliphatic carbocycles. The van der Waals surface area contributed by atoms with Gasteiger partial charge < -0.3 is 15.0 Å². The summed E-state index contributed by atoms with van der Waals surface area (Å²) in [6.07, 6.45) is 4.41. The molecule has 0 aliphatic heterocycles. The molecule has 4 heteroatoms. The first-order valence-corrected chi connectivity index (χ1v) is 6.36. The van der Waals surface area contributed by atoms with E-state index < -0.39 is 0 Å². The van der Waals surface area contributed by atoms with Gasteiger partial charge in [-0.1, -0.05) is 12.1 Å². The summed E-state index contributed by atoms with van der Waals surface area (Å²) < 4.78 is 7.56. The lowest BCUT2D eigenvalue weighted by molar-refractivity contribution is 0.298. The fraction of sp³-hybridized carbons (Fsp3) is 0.267. The molecule has 0 bridgehead atoms. The van der Waals surface area contributed by atoms with Gasteiger partial charge in [-0.2, -0.15) is 0 Å². The van der Waals surface area contributed by atoms with E-state index in [1.54, 1.807) is 24.5 Å². The molecule has 0 unspecified atom stereocenters. The van der Waals surface area contributed by atoms with Crippen molar-refractivity contribution in [2.75, 3.05) is 13.2 Å². The molecule has 1 aromatic carbocycles. The minimum atomic E-state index is 0.0210. The second-order valence-electron chi connectivity index (χ2n) is 4.30. The molecule has 0 saturated carbocycles. The van der Waals surface area contributed by atoms with Crippen molar-refractivity contribution >= 4 is 0 Å². The second-order valence-corrected chi connectivity index (χ2v) is 4.30. The minimum absolute atomic E-state index is 0.0210. The molecule has 0 atom stereocenters. The summed E-state index contributed by atoms with van der Waals surface area (Å²) in [7, 11) is 0. The standard InChI is InChI=1S/C15H18N2O2/c16-8-5-13-1-3-15(4-2-13)19-12-11-17-9-6-14(18)7-10-17/h1-4,6-7,9-10H,5,8,11-12,16H2. The van der Waals surface area contributed by atoms with Crippen molar-refractivity contribution in [1.82, 2.24) is 4.57 Å². The van der Waals surface area contributed by atoms with Gasteiger partial charge in [-0.05, 0) is 30.7 Å². The molecule has 0 spiro atoms. The molecule has 1 heterocycles. The van der Waals surface area contributed by atoms with Gasteiger partial charge >= 0.3 is 0 Å². The normalized spacial score (nSPS) is 10.4. The number of hydrogen-bond donors (Lipinski definition) is 1. The Morgan fingerprint density at radius 3 is 2.37 bits per heavy atom. The largest absolute Gasteiger partial charge is 0.492 e. The Hall–Kier alpha value is -2.07. The number of benzene rings is 1. The van der Waals surface area contributed by atoms with Crippen LogP contribution in [0.15, 0.2) is 53.6 Å². The van der Waals surface area contributed by atoms with Gasteiger partial charge in [0, 0.05) is 24.5 Å². The molecule has 2 N–H and O–H groups in total. The first-order valence-electron chi connectivity index (χ1n) is 6.36. The fourth-order valence-electron chi connectivity index (χ4n) is 1.78. The van der Waals surface area contributed by atoms with Crippen molar-refractivity contribution in [2.24, 2.45) is 5.73 Å². The summed E-state index contributed by atoms with van der Waals surface area (Å²) in [4.78, 5) is 10.9. The third-order valence-corrected chi connectivity index (χ3v) is 2.84. The topological polar surface area (TPSA) is 57.2 Å². The third kappa shape index (κ3) is 4.26. The van der Waals surface area contributed by atoms with Crippen LogP contribution in [-0.4, -0.2) is 17.7 Å². The van der Waals surface area contributed by atoms with Crippen LogP contribution in [0.3, 0.4) is 0 Å². The first kappa shape index (κ1) is 13.4. The maximum atomic E-state index is 10.9. The number of pyridine rings is 1. The molecule has 2 aromatic rings. The zero-order valence-corrected chi connectivity index (χ0v) is 10.8. The van der Waals surface area contributed by atoms with Gasteiger partial charge in [0.15, 0.2) is 5.43 Å². The number of nitrogens with zero attached hydrogens (tertiary/aromatic N) is 1. The van der Waals surface area contributed by atoms with Gasteiger partial charge in [-0.3, -0.25) is 4.79 Å².